The summed E-state index contributed by atoms with van der Waals surface area (Å²) in [6.45, 7) is 0.951. The average molecular weight is 427 g/mol. The lowest BCUT2D eigenvalue weighted by molar-refractivity contribution is -0.384. The lowest BCUT2D eigenvalue weighted by Crippen LogP contribution is -2.54. The summed E-state index contributed by atoms with van der Waals surface area (Å²) in [7, 11) is 0. The van der Waals surface area contributed by atoms with E-state index in [0.29, 0.717) is 17.5 Å². The molecule has 1 aromatic carbocycles. The summed E-state index contributed by atoms with van der Waals surface area (Å²) in [6.07, 6.45) is -2.89. The largest absolute Gasteiger partial charge is 0.508 e. The summed E-state index contributed by atoms with van der Waals surface area (Å²) in [4.78, 5) is 55.8. The fourth-order valence-electron chi connectivity index (χ4n) is 2.25. The zero-order valence-electron chi connectivity index (χ0n) is 15.1. The van der Waals surface area contributed by atoms with E-state index < -0.39 is 46.8 Å². The van der Waals surface area contributed by atoms with Crippen molar-refractivity contribution in [2.24, 2.45) is 11.7 Å². The second-order valence-electron chi connectivity index (χ2n) is 5.86. The number of carbonyl (C=O) groups is 4. The smallest absolute Gasteiger partial charge is 0.441 e. The van der Waals surface area contributed by atoms with Crippen molar-refractivity contribution in [3.05, 3.63) is 39.9 Å². The molecule has 13 heteroatoms. The van der Waals surface area contributed by atoms with Crippen LogP contribution < -0.4 is 5.73 Å². The molecule has 1 fully saturated rings. The van der Waals surface area contributed by atoms with Crippen molar-refractivity contribution < 1.29 is 38.3 Å². The van der Waals surface area contributed by atoms with Crippen molar-refractivity contribution in [1.82, 2.24) is 4.31 Å². The van der Waals surface area contributed by atoms with Crippen molar-refractivity contribution in [3.8, 4) is 0 Å². The van der Waals surface area contributed by atoms with E-state index in [9.17, 15) is 29.3 Å². The van der Waals surface area contributed by atoms with Crippen molar-refractivity contribution >= 4 is 40.9 Å². The average Bonchev–Trinajstić information content (AvgIpc) is 2.67. The van der Waals surface area contributed by atoms with Crippen LogP contribution in [0.2, 0.25) is 0 Å². The maximum absolute atomic E-state index is 12.1. The van der Waals surface area contributed by atoms with Gasteiger partial charge in [0, 0.05) is 30.6 Å². The molecule has 1 aliphatic heterocycles. The summed E-state index contributed by atoms with van der Waals surface area (Å²) in [5, 5.41) is 10.0. The van der Waals surface area contributed by atoms with Crippen LogP contribution in [0.1, 0.15) is 12.5 Å². The molecule has 29 heavy (non-hydrogen) atoms. The molecule has 2 amide bonds. The predicted octanol–water partition coefficient (Wildman–Crippen LogP) is 1.36. The molecule has 0 spiro atoms. The van der Waals surface area contributed by atoms with Gasteiger partial charge in [0.25, 0.3) is 5.69 Å². The standard InChI is InChI=1S/C16H17N3O9S/c1-9(12-6-18(14(12)21)29-13(20)8-26-15(17)22)28-16(23)27-7-10-2-4-11(5-3-10)19(24)25/h2-5,9,12H,6-8H2,1H3,(H2,17,22)/t9?,12-/m0/s1. The van der Waals surface area contributed by atoms with E-state index in [1.165, 1.54) is 31.2 Å². The van der Waals surface area contributed by atoms with Crippen LogP contribution in [0.15, 0.2) is 24.3 Å². The molecule has 0 radical (unpaired) electrons. The Hall–Kier alpha value is -3.35. The highest BCUT2D eigenvalue weighted by atomic mass is 32.2. The van der Waals surface area contributed by atoms with Crippen molar-refractivity contribution in [2.75, 3.05) is 13.2 Å². The second kappa shape index (κ2) is 9.73. The van der Waals surface area contributed by atoms with Gasteiger partial charge in [-0.05, 0) is 24.6 Å². The first-order valence-electron chi connectivity index (χ1n) is 8.18. The molecule has 2 atom stereocenters. The lowest BCUT2D eigenvalue weighted by Gasteiger charge is -2.38. The Morgan fingerprint density at radius 1 is 1.31 bits per heavy atom. The van der Waals surface area contributed by atoms with Crippen molar-refractivity contribution in [1.29, 1.82) is 0 Å². The Labute approximate surface area is 168 Å². The Balaban J connectivity index is 1.71. The summed E-state index contributed by atoms with van der Waals surface area (Å²) >= 11 is 0.580. The van der Waals surface area contributed by atoms with Gasteiger partial charge >= 0.3 is 12.2 Å². The van der Waals surface area contributed by atoms with E-state index in [2.05, 4.69) is 4.74 Å². The van der Waals surface area contributed by atoms with Crippen LogP contribution in [0.3, 0.4) is 0 Å². The zero-order chi connectivity index (χ0) is 21.6. The molecule has 12 nitrogen and oxygen atoms in total. The number of hydrogen-bond acceptors (Lipinski definition) is 10. The Kier molecular flexibility index (Phi) is 7.36. The maximum Gasteiger partial charge on any atom is 0.508 e. The molecule has 0 bridgehead atoms. The lowest BCUT2D eigenvalue weighted by atomic mass is 9.96. The van der Waals surface area contributed by atoms with Gasteiger partial charge in [0.1, 0.15) is 12.7 Å². The molecular weight excluding hydrogens is 410 g/mol. The highest BCUT2D eigenvalue weighted by Crippen LogP contribution is 2.30. The molecule has 2 N–H and O–H groups in total. The molecule has 1 saturated heterocycles. The highest BCUT2D eigenvalue weighted by Gasteiger charge is 2.43. The molecule has 1 aliphatic rings. The van der Waals surface area contributed by atoms with Crippen LogP contribution in [0, 0.1) is 16.0 Å². The number of nitro groups is 1. The number of hydrogen-bond donors (Lipinski definition) is 1. The van der Waals surface area contributed by atoms with E-state index in [0.717, 1.165) is 4.31 Å². The SMILES string of the molecule is CC(OC(=O)OCc1ccc([N+](=O)[O-])cc1)[C@@H]1CN(SC(=O)COC(N)=O)C1=O. The Morgan fingerprint density at radius 3 is 2.52 bits per heavy atom. The topological polar surface area (TPSA) is 168 Å². The number of nitrogens with two attached hydrogens (primary N) is 1. The monoisotopic (exact) mass is 427 g/mol. The van der Waals surface area contributed by atoms with Crippen LogP contribution in [-0.2, 0) is 30.4 Å². The normalized spacial score (nSPS) is 16.4. The van der Waals surface area contributed by atoms with E-state index in [1.54, 1.807) is 0 Å². The number of nitrogens with zero attached hydrogens (tertiary/aromatic N) is 2. The Bertz CT molecular complexity index is 814. The fourth-order valence-corrected chi connectivity index (χ4v) is 3.07. The van der Waals surface area contributed by atoms with Gasteiger partial charge in [-0.2, -0.15) is 0 Å². The number of carbonyl (C=O) groups excluding carboxylic acids is 4. The van der Waals surface area contributed by atoms with Crippen LogP contribution in [0.5, 0.6) is 0 Å². The van der Waals surface area contributed by atoms with Crippen LogP contribution in [-0.4, -0.2) is 51.8 Å². The minimum absolute atomic E-state index is 0.0875. The highest BCUT2D eigenvalue weighted by molar-refractivity contribution is 8.12. The van der Waals surface area contributed by atoms with Gasteiger partial charge in [-0.25, -0.2) is 9.59 Å². The first-order chi connectivity index (χ1) is 13.7. The number of nitro benzene ring substituents is 1. The third-order valence-corrected chi connectivity index (χ3v) is 4.69. The van der Waals surface area contributed by atoms with Gasteiger partial charge < -0.3 is 19.9 Å². The summed E-state index contributed by atoms with van der Waals surface area (Å²) < 4.78 is 15.4. The number of benzene rings is 1. The fraction of sp³-hybridized carbons (Fsp3) is 0.375. The molecule has 1 unspecified atom stereocenters. The molecule has 0 aromatic heterocycles. The molecule has 1 aromatic rings. The van der Waals surface area contributed by atoms with Crippen LogP contribution >= 0.6 is 11.9 Å². The first kappa shape index (κ1) is 21.9. The Morgan fingerprint density at radius 2 is 1.97 bits per heavy atom. The molecule has 0 saturated carbocycles. The van der Waals surface area contributed by atoms with Crippen LogP contribution in [0.25, 0.3) is 0 Å². The van der Waals surface area contributed by atoms with Gasteiger partial charge in [-0.3, -0.25) is 24.0 Å². The number of amides is 2. The number of ether oxygens (including phenoxy) is 3. The van der Waals surface area contributed by atoms with Gasteiger partial charge in [0.15, 0.2) is 6.61 Å². The molecule has 2 rings (SSSR count). The van der Waals surface area contributed by atoms with E-state index in [-0.39, 0.29) is 18.8 Å². The van der Waals surface area contributed by atoms with Gasteiger partial charge in [-0.1, -0.05) is 0 Å². The van der Waals surface area contributed by atoms with E-state index in [1.807, 2.05) is 0 Å². The minimum Gasteiger partial charge on any atom is -0.441 e. The van der Waals surface area contributed by atoms with Gasteiger partial charge in [-0.15, -0.1) is 0 Å². The molecular formula is C16H17N3O9S. The third-order valence-electron chi connectivity index (χ3n) is 3.82. The number of rotatable bonds is 8. The van der Waals surface area contributed by atoms with E-state index in [4.69, 9.17) is 15.2 Å². The summed E-state index contributed by atoms with van der Waals surface area (Å²) in [5.41, 5.74) is 5.18. The predicted molar refractivity (Wildman–Crippen MR) is 97.2 cm³/mol. The first-order valence-corrected chi connectivity index (χ1v) is 8.96. The summed E-state index contributed by atoms with van der Waals surface area (Å²) in [5.74, 6) is -1.06. The van der Waals surface area contributed by atoms with Crippen LogP contribution in [0.4, 0.5) is 15.3 Å². The third kappa shape index (κ3) is 6.34. The molecule has 156 valence electrons. The molecule has 0 aliphatic carbocycles. The second-order valence-corrected chi connectivity index (χ2v) is 6.94. The van der Waals surface area contributed by atoms with E-state index >= 15 is 0 Å². The quantitative estimate of drug-likeness (QED) is 0.210. The zero-order valence-corrected chi connectivity index (χ0v) is 16.0. The van der Waals surface area contributed by atoms with Crippen molar-refractivity contribution in [3.63, 3.8) is 0 Å². The molecule has 1 heterocycles. The maximum atomic E-state index is 12.1. The van der Waals surface area contributed by atoms with Crippen molar-refractivity contribution in [2.45, 2.75) is 19.6 Å². The summed E-state index contributed by atoms with van der Waals surface area (Å²) in [6, 6.07) is 5.44. The number of primary amides is 1. The van der Waals surface area contributed by atoms with Gasteiger partial charge in [0.2, 0.25) is 11.0 Å². The minimum atomic E-state index is -1.10. The number of β-lactam (4-membered cyclic amide) rings is 1. The van der Waals surface area contributed by atoms with Gasteiger partial charge in [0.05, 0.1) is 10.8 Å². The number of non-ortho nitro benzene ring substituents is 1.